The highest BCUT2D eigenvalue weighted by Crippen LogP contribution is 2.30. The Kier molecular flexibility index (Phi) is 9.94. The van der Waals surface area contributed by atoms with Crippen molar-refractivity contribution < 1.29 is 18.0 Å². The maximum absolute atomic E-state index is 13.9. The molecule has 0 bridgehead atoms. The third-order valence-corrected chi connectivity index (χ3v) is 8.25. The van der Waals surface area contributed by atoms with Gasteiger partial charge in [-0.3, -0.25) is 13.9 Å². The van der Waals surface area contributed by atoms with Crippen LogP contribution in [0.3, 0.4) is 0 Å². The predicted molar refractivity (Wildman–Crippen MR) is 152 cm³/mol. The number of hydrogen-bond acceptors (Lipinski definition) is 4. The summed E-state index contributed by atoms with van der Waals surface area (Å²) >= 11 is 6.25. The minimum Gasteiger partial charge on any atom is -0.354 e. The molecule has 202 valence electrons. The van der Waals surface area contributed by atoms with Gasteiger partial charge in [0.2, 0.25) is 11.8 Å². The van der Waals surface area contributed by atoms with Gasteiger partial charge in [0.05, 0.1) is 10.6 Å². The number of sulfonamides is 1. The average molecular weight is 556 g/mol. The summed E-state index contributed by atoms with van der Waals surface area (Å²) in [7, 11) is -4.15. The average Bonchev–Trinajstić information content (AvgIpc) is 2.90. The number of amides is 2. The van der Waals surface area contributed by atoms with E-state index in [1.807, 2.05) is 44.2 Å². The quantitative estimate of drug-likeness (QED) is 0.357. The van der Waals surface area contributed by atoms with Crippen molar-refractivity contribution in [1.82, 2.24) is 10.2 Å². The van der Waals surface area contributed by atoms with Gasteiger partial charge < -0.3 is 10.2 Å². The summed E-state index contributed by atoms with van der Waals surface area (Å²) in [4.78, 5) is 28.2. The minimum atomic E-state index is -4.15. The number of halogens is 1. The molecule has 0 radical (unpaired) electrons. The van der Waals surface area contributed by atoms with Gasteiger partial charge >= 0.3 is 0 Å². The molecule has 7 nitrogen and oxygen atoms in total. The molecule has 0 aromatic heterocycles. The van der Waals surface area contributed by atoms with Crippen LogP contribution < -0.4 is 9.62 Å². The van der Waals surface area contributed by atoms with E-state index in [1.165, 1.54) is 23.1 Å². The molecule has 9 heteroatoms. The first-order valence-corrected chi connectivity index (χ1v) is 14.3. The predicted octanol–water partition coefficient (Wildman–Crippen LogP) is 5.10. The molecule has 0 aliphatic carbocycles. The van der Waals surface area contributed by atoms with Gasteiger partial charge in [0.15, 0.2) is 0 Å². The summed E-state index contributed by atoms with van der Waals surface area (Å²) in [5.74, 6) is -0.814. The highest BCUT2D eigenvalue weighted by molar-refractivity contribution is 7.92. The molecular formula is C29H34ClN3O4S. The molecule has 2 amide bonds. The number of rotatable bonds is 11. The van der Waals surface area contributed by atoms with Gasteiger partial charge in [-0.2, -0.15) is 0 Å². The second-order valence-electron chi connectivity index (χ2n) is 9.23. The van der Waals surface area contributed by atoms with Crippen molar-refractivity contribution in [3.05, 3.63) is 94.5 Å². The lowest BCUT2D eigenvalue weighted by atomic mass is 10.1. The summed E-state index contributed by atoms with van der Waals surface area (Å²) in [6.45, 7) is 7.34. The summed E-state index contributed by atoms with van der Waals surface area (Å²) < 4.78 is 28.9. The lowest BCUT2D eigenvalue weighted by Crippen LogP contribution is -2.51. The van der Waals surface area contributed by atoms with Gasteiger partial charge in [-0.1, -0.05) is 72.6 Å². The third-order valence-electron chi connectivity index (χ3n) is 6.24. The topological polar surface area (TPSA) is 86.8 Å². The number of carbonyl (C=O) groups is 2. The second kappa shape index (κ2) is 12.9. The van der Waals surface area contributed by atoms with E-state index in [-0.39, 0.29) is 17.3 Å². The highest BCUT2D eigenvalue weighted by atomic mass is 35.5. The molecule has 0 fully saturated rings. The molecule has 0 heterocycles. The fraction of sp³-hybridized carbons (Fsp3) is 0.310. The van der Waals surface area contributed by atoms with Crippen LogP contribution in [0.25, 0.3) is 0 Å². The Hall–Kier alpha value is -3.36. The van der Waals surface area contributed by atoms with Gasteiger partial charge in [-0.05, 0) is 62.6 Å². The Morgan fingerprint density at radius 1 is 0.974 bits per heavy atom. The Bertz CT molecular complexity index is 1360. The number of carbonyl (C=O) groups excluding carboxylic acids is 2. The first kappa shape index (κ1) is 29.2. The molecule has 3 rings (SSSR count). The molecule has 1 atom stereocenters. The van der Waals surface area contributed by atoms with Crippen LogP contribution in [0.2, 0.25) is 5.02 Å². The lowest BCUT2D eigenvalue weighted by molar-refractivity contribution is -0.139. The largest absolute Gasteiger partial charge is 0.354 e. The maximum atomic E-state index is 13.9. The van der Waals surface area contributed by atoms with Crippen LogP contribution in [0.1, 0.15) is 37.0 Å². The number of anilines is 1. The molecule has 0 aliphatic rings. The first-order valence-electron chi connectivity index (χ1n) is 12.5. The van der Waals surface area contributed by atoms with Crippen LogP contribution >= 0.6 is 11.6 Å². The van der Waals surface area contributed by atoms with Crippen molar-refractivity contribution in [2.75, 3.05) is 17.4 Å². The van der Waals surface area contributed by atoms with Crippen LogP contribution in [0.5, 0.6) is 0 Å². The van der Waals surface area contributed by atoms with Gasteiger partial charge in [-0.15, -0.1) is 0 Å². The third kappa shape index (κ3) is 7.14. The number of hydrogen-bond donors (Lipinski definition) is 1. The van der Waals surface area contributed by atoms with Gasteiger partial charge in [0.25, 0.3) is 10.0 Å². The number of aryl methyl sites for hydroxylation is 2. The SMILES string of the molecule is CCCNC(=O)C(C)N(Cc1ccccc1)C(=O)CN(c1cc(Cl)ccc1C)S(=O)(=O)c1ccc(C)cc1. The second-order valence-corrected chi connectivity index (χ2v) is 11.5. The zero-order valence-corrected chi connectivity index (χ0v) is 23.7. The van der Waals surface area contributed by atoms with Gasteiger partial charge in [-0.25, -0.2) is 8.42 Å². The van der Waals surface area contributed by atoms with Crippen LogP contribution in [0, 0.1) is 13.8 Å². The molecule has 1 N–H and O–H groups in total. The first-order chi connectivity index (χ1) is 18.0. The molecule has 3 aromatic carbocycles. The van der Waals surface area contributed by atoms with Gasteiger partial charge in [0, 0.05) is 18.1 Å². The lowest BCUT2D eigenvalue weighted by Gasteiger charge is -2.32. The number of benzene rings is 3. The van der Waals surface area contributed by atoms with Crippen molar-refractivity contribution >= 4 is 39.1 Å². The van der Waals surface area contributed by atoms with Crippen LogP contribution in [0.15, 0.2) is 77.7 Å². The Morgan fingerprint density at radius 2 is 1.63 bits per heavy atom. The number of nitrogens with zero attached hydrogens (tertiary/aromatic N) is 2. The molecule has 0 saturated heterocycles. The molecular weight excluding hydrogens is 522 g/mol. The summed E-state index contributed by atoms with van der Waals surface area (Å²) in [6.07, 6.45) is 0.752. The minimum absolute atomic E-state index is 0.0543. The van der Waals surface area contributed by atoms with Crippen LogP contribution in [-0.2, 0) is 26.2 Å². The highest BCUT2D eigenvalue weighted by Gasteiger charge is 2.33. The summed E-state index contributed by atoms with van der Waals surface area (Å²) in [5, 5.41) is 3.18. The van der Waals surface area contributed by atoms with Crippen molar-refractivity contribution in [2.24, 2.45) is 0 Å². The van der Waals surface area contributed by atoms with Crippen LogP contribution in [-0.4, -0.2) is 44.3 Å². The van der Waals surface area contributed by atoms with E-state index in [2.05, 4.69) is 5.32 Å². The zero-order valence-electron chi connectivity index (χ0n) is 22.1. The fourth-order valence-electron chi connectivity index (χ4n) is 3.96. The standard InChI is InChI=1S/C29H34ClN3O4S/c1-5-17-31-29(35)23(4)32(19-24-9-7-6-8-10-24)28(34)20-33(27-18-25(30)14-13-22(27)3)38(36,37)26-15-11-21(2)12-16-26/h6-16,18,23H,5,17,19-20H2,1-4H3,(H,31,35). The van der Waals surface area contributed by atoms with Gasteiger partial charge in [0.1, 0.15) is 12.6 Å². The van der Waals surface area contributed by atoms with Crippen LogP contribution in [0.4, 0.5) is 5.69 Å². The normalized spacial score (nSPS) is 12.0. The maximum Gasteiger partial charge on any atom is 0.264 e. The molecule has 1 unspecified atom stereocenters. The van der Waals surface area contributed by atoms with Crippen molar-refractivity contribution in [3.8, 4) is 0 Å². The zero-order chi connectivity index (χ0) is 27.9. The Labute approximate surface area is 230 Å². The Morgan fingerprint density at radius 3 is 2.26 bits per heavy atom. The smallest absolute Gasteiger partial charge is 0.264 e. The number of nitrogens with one attached hydrogen (secondary N) is 1. The fourth-order valence-corrected chi connectivity index (χ4v) is 5.60. The molecule has 0 saturated carbocycles. The molecule has 3 aromatic rings. The summed E-state index contributed by atoms with van der Waals surface area (Å²) in [6, 6.07) is 19.8. The van der Waals surface area contributed by atoms with E-state index in [0.29, 0.717) is 22.8 Å². The molecule has 0 spiro atoms. The van der Waals surface area contributed by atoms with Crippen molar-refractivity contribution in [2.45, 2.75) is 51.6 Å². The van der Waals surface area contributed by atoms with E-state index in [4.69, 9.17) is 11.6 Å². The van der Waals surface area contributed by atoms with E-state index in [0.717, 1.165) is 21.9 Å². The van der Waals surface area contributed by atoms with Crippen molar-refractivity contribution in [3.63, 3.8) is 0 Å². The molecule has 0 aliphatic heterocycles. The Balaban J connectivity index is 2.05. The van der Waals surface area contributed by atoms with E-state index in [1.54, 1.807) is 38.1 Å². The van der Waals surface area contributed by atoms with E-state index in [9.17, 15) is 18.0 Å². The monoisotopic (exact) mass is 555 g/mol. The summed E-state index contributed by atoms with van der Waals surface area (Å²) in [5.41, 5.74) is 2.67. The molecule has 38 heavy (non-hydrogen) atoms. The van der Waals surface area contributed by atoms with Crippen molar-refractivity contribution in [1.29, 1.82) is 0 Å². The van der Waals surface area contributed by atoms with E-state index < -0.39 is 28.5 Å². The van der Waals surface area contributed by atoms with E-state index >= 15 is 0 Å².